The number of aliphatic imine (C=N–C) groups is 1. The maximum absolute atomic E-state index is 6.67. The summed E-state index contributed by atoms with van der Waals surface area (Å²) in [6.07, 6.45) is 8.65. The van der Waals surface area contributed by atoms with Crippen LogP contribution in [0, 0.1) is 0 Å². The molecule has 0 bridgehead atoms. The summed E-state index contributed by atoms with van der Waals surface area (Å²) in [6.45, 7) is 6.93. The molecule has 214 valence electrons. The van der Waals surface area contributed by atoms with Crippen molar-refractivity contribution in [2.24, 2.45) is 4.99 Å². The number of aromatic nitrogens is 1. The Bertz CT molecular complexity index is 2610. The van der Waals surface area contributed by atoms with Crippen molar-refractivity contribution in [2.75, 3.05) is 5.01 Å². The summed E-state index contributed by atoms with van der Waals surface area (Å²) >= 11 is 0. The second-order valence-corrected chi connectivity index (χ2v) is 13.7. The second kappa shape index (κ2) is 7.65. The number of nitrogens with zero attached hydrogens (tertiary/aromatic N) is 3. The Hall–Kier alpha value is -5.35. The van der Waals surface area contributed by atoms with E-state index >= 15 is 0 Å². The van der Waals surface area contributed by atoms with E-state index in [-0.39, 0.29) is 11.5 Å². The SMILES string of the molecule is CC1(C)c2ccccc2-c2cc(-c3ccc4c(c3)c3cc5c(oc6ccccc65)c5c3n4N3C4C=CC=CC4=NC53C)ccc21. The number of para-hydroxylation sites is 1. The number of hydrogen-bond acceptors (Lipinski definition) is 3. The Balaban J connectivity index is 1.21. The van der Waals surface area contributed by atoms with E-state index in [1.807, 2.05) is 0 Å². The Morgan fingerprint density at radius 2 is 1.51 bits per heavy atom. The van der Waals surface area contributed by atoms with E-state index in [9.17, 15) is 0 Å². The molecular weight excluding hydrogens is 550 g/mol. The molecule has 0 spiro atoms. The molecule has 7 aromatic rings. The fourth-order valence-corrected chi connectivity index (χ4v) is 8.97. The van der Waals surface area contributed by atoms with Crippen LogP contribution in [0.3, 0.4) is 0 Å². The third kappa shape index (κ3) is 2.70. The standard InChI is InChI=1S/C41H29N3O/c1-40(2)31-12-6-4-10-25(31)27-20-23(16-18-32(27)40)24-17-19-34-28(21-24)29-22-30-26-11-5-9-15-36(26)45-39(30)37-38(29)43(34)44-35-14-8-7-13-33(35)42-41(37,44)3/h4-22,35H,1-3H3. The van der Waals surface area contributed by atoms with Crippen LogP contribution in [0.25, 0.3) is 66.0 Å². The average molecular weight is 580 g/mol. The van der Waals surface area contributed by atoms with Gasteiger partial charge in [-0.2, -0.15) is 0 Å². The summed E-state index contributed by atoms with van der Waals surface area (Å²) in [5.74, 6) is 0. The van der Waals surface area contributed by atoms with Gasteiger partial charge in [0, 0.05) is 27.0 Å². The van der Waals surface area contributed by atoms with Crippen LogP contribution in [-0.4, -0.2) is 16.4 Å². The van der Waals surface area contributed by atoms with Crippen LogP contribution >= 0.6 is 0 Å². The number of rotatable bonds is 1. The molecule has 2 aliphatic heterocycles. The molecule has 0 fully saturated rings. The molecule has 11 rings (SSSR count). The first-order chi connectivity index (χ1) is 21.9. The molecule has 0 saturated carbocycles. The first-order valence-corrected chi connectivity index (χ1v) is 15.9. The summed E-state index contributed by atoms with van der Waals surface area (Å²) in [5.41, 5.74) is 13.9. The Morgan fingerprint density at radius 1 is 0.711 bits per heavy atom. The minimum atomic E-state index is -0.576. The van der Waals surface area contributed by atoms with Crippen LogP contribution in [-0.2, 0) is 11.1 Å². The van der Waals surface area contributed by atoms with Crippen LogP contribution in [0.1, 0.15) is 37.5 Å². The molecule has 4 nitrogen and oxygen atoms in total. The molecular formula is C41H29N3O. The van der Waals surface area contributed by atoms with Gasteiger partial charge in [-0.3, -0.25) is 14.7 Å². The summed E-state index contributed by atoms with van der Waals surface area (Å²) in [6, 6.07) is 33.8. The van der Waals surface area contributed by atoms with Crippen LogP contribution in [0.4, 0.5) is 0 Å². The molecule has 2 aliphatic carbocycles. The number of fused-ring (bicyclic) bond motifs is 15. The lowest BCUT2D eigenvalue weighted by molar-refractivity contribution is 0.430. The van der Waals surface area contributed by atoms with Gasteiger partial charge in [0.05, 0.1) is 22.3 Å². The van der Waals surface area contributed by atoms with Gasteiger partial charge in [0.1, 0.15) is 17.2 Å². The molecule has 0 radical (unpaired) electrons. The first kappa shape index (κ1) is 24.0. The fraction of sp³-hybridized carbons (Fsp3) is 0.146. The molecule has 45 heavy (non-hydrogen) atoms. The monoisotopic (exact) mass is 579 g/mol. The number of allylic oxidation sites excluding steroid dienone is 2. The van der Waals surface area contributed by atoms with E-state index in [0.717, 1.165) is 33.2 Å². The van der Waals surface area contributed by atoms with Crippen LogP contribution < -0.4 is 5.01 Å². The van der Waals surface area contributed by atoms with Gasteiger partial charge in [-0.1, -0.05) is 92.7 Å². The zero-order chi connectivity index (χ0) is 29.8. The molecule has 0 saturated heterocycles. The highest BCUT2D eigenvalue weighted by molar-refractivity contribution is 6.21. The fourth-order valence-electron chi connectivity index (χ4n) is 8.97. The van der Waals surface area contributed by atoms with E-state index < -0.39 is 5.66 Å². The van der Waals surface area contributed by atoms with Gasteiger partial charge < -0.3 is 4.42 Å². The Kier molecular flexibility index (Phi) is 4.08. The molecule has 4 heteroatoms. The van der Waals surface area contributed by atoms with Crippen LogP contribution in [0.5, 0.6) is 0 Å². The molecule has 4 heterocycles. The van der Waals surface area contributed by atoms with Crippen LogP contribution in [0.2, 0.25) is 0 Å². The van der Waals surface area contributed by atoms with Crippen molar-refractivity contribution >= 4 is 49.5 Å². The van der Waals surface area contributed by atoms with Crippen molar-refractivity contribution in [3.63, 3.8) is 0 Å². The molecule has 5 aromatic carbocycles. The quantitative estimate of drug-likeness (QED) is 0.194. The van der Waals surface area contributed by atoms with E-state index in [1.165, 1.54) is 55.2 Å². The molecule has 0 amide bonds. The molecule has 4 aliphatic rings. The summed E-state index contributed by atoms with van der Waals surface area (Å²) in [7, 11) is 0. The number of hydrogen-bond donors (Lipinski definition) is 0. The third-order valence-electron chi connectivity index (χ3n) is 11.0. The van der Waals surface area contributed by atoms with E-state index in [2.05, 4.69) is 146 Å². The lowest BCUT2D eigenvalue weighted by atomic mass is 9.82. The highest BCUT2D eigenvalue weighted by atomic mass is 16.3. The van der Waals surface area contributed by atoms with Crippen molar-refractivity contribution in [1.29, 1.82) is 0 Å². The first-order valence-electron chi connectivity index (χ1n) is 15.9. The number of furan rings is 1. The third-order valence-corrected chi connectivity index (χ3v) is 11.0. The largest absolute Gasteiger partial charge is 0.456 e. The maximum Gasteiger partial charge on any atom is 0.176 e. The Labute approximate surface area is 260 Å². The lowest BCUT2D eigenvalue weighted by Crippen LogP contribution is -2.48. The van der Waals surface area contributed by atoms with Gasteiger partial charge >= 0.3 is 0 Å². The van der Waals surface area contributed by atoms with Crippen molar-refractivity contribution in [3.05, 3.63) is 132 Å². The van der Waals surface area contributed by atoms with Gasteiger partial charge in [-0.05, 0) is 76.7 Å². The van der Waals surface area contributed by atoms with Crippen molar-refractivity contribution in [3.8, 4) is 22.3 Å². The molecule has 2 unspecified atom stereocenters. The maximum atomic E-state index is 6.67. The molecule has 2 aromatic heterocycles. The summed E-state index contributed by atoms with van der Waals surface area (Å²) < 4.78 is 9.11. The zero-order valence-electron chi connectivity index (χ0n) is 25.3. The van der Waals surface area contributed by atoms with Gasteiger partial charge in [-0.15, -0.1) is 0 Å². The van der Waals surface area contributed by atoms with E-state index in [1.54, 1.807) is 0 Å². The molecule has 0 N–H and O–H groups in total. The minimum absolute atomic E-state index is 0.0000334. The lowest BCUT2D eigenvalue weighted by Gasteiger charge is -2.34. The highest BCUT2D eigenvalue weighted by Gasteiger charge is 2.53. The predicted octanol–water partition coefficient (Wildman–Crippen LogP) is 9.74. The van der Waals surface area contributed by atoms with E-state index in [0.29, 0.717) is 0 Å². The molecule has 2 atom stereocenters. The predicted molar refractivity (Wildman–Crippen MR) is 185 cm³/mol. The van der Waals surface area contributed by atoms with E-state index in [4.69, 9.17) is 9.41 Å². The number of benzene rings is 5. The normalized spacial score (nSPS) is 21.6. The average Bonchev–Trinajstić information content (AvgIpc) is 3.80. The minimum Gasteiger partial charge on any atom is -0.456 e. The Morgan fingerprint density at radius 3 is 2.44 bits per heavy atom. The van der Waals surface area contributed by atoms with Gasteiger partial charge in [0.2, 0.25) is 0 Å². The van der Waals surface area contributed by atoms with Crippen LogP contribution in [0.15, 0.2) is 125 Å². The zero-order valence-corrected chi connectivity index (χ0v) is 25.3. The van der Waals surface area contributed by atoms with Gasteiger partial charge in [0.25, 0.3) is 0 Å². The topological polar surface area (TPSA) is 33.7 Å². The summed E-state index contributed by atoms with van der Waals surface area (Å²) in [4.78, 5) is 5.40. The van der Waals surface area contributed by atoms with Crippen molar-refractivity contribution in [1.82, 2.24) is 4.68 Å². The highest BCUT2D eigenvalue weighted by Crippen LogP contribution is 2.54. The van der Waals surface area contributed by atoms with Gasteiger partial charge in [-0.25, -0.2) is 0 Å². The summed E-state index contributed by atoms with van der Waals surface area (Å²) in [5, 5.41) is 7.26. The smallest absolute Gasteiger partial charge is 0.176 e. The van der Waals surface area contributed by atoms with Gasteiger partial charge in [0.15, 0.2) is 5.66 Å². The van der Waals surface area contributed by atoms with Crippen molar-refractivity contribution in [2.45, 2.75) is 37.9 Å². The second-order valence-electron chi connectivity index (χ2n) is 13.7. The van der Waals surface area contributed by atoms with Crippen molar-refractivity contribution < 1.29 is 4.42 Å².